The number of unbranched alkanes of at least 4 members (excludes halogenated alkanes) is 1. The van der Waals surface area contributed by atoms with Crippen LogP contribution in [0.1, 0.15) is 32.3 Å². The average molecular weight is 431 g/mol. The van der Waals surface area contributed by atoms with Gasteiger partial charge in [0.05, 0.1) is 24.5 Å². The van der Waals surface area contributed by atoms with Crippen molar-refractivity contribution >= 4 is 27.6 Å². The van der Waals surface area contributed by atoms with E-state index in [0.29, 0.717) is 32.7 Å². The summed E-state index contributed by atoms with van der Waals surface area (Å²) >= 11 is 1.69. The summed E-state index contributed by atoms with van der Waals surface area (Å²) in [5.74, 6) is -0.262. The molecule has 0 unspecified atom stereocenters. The molecule has 1 saturated heterocycles. The average Bonchev–Trinajstić information content (AvgIpc) is 2.67. The van der Waals surface area contributed by atoms with Gasteiger partial charge in [-0.1, -0.05) is 17.3 Å². The highest BCUT2D eigenvalue weighted by atomic mass is 32.2. The maximum absolute atomic E-state index is 10.8. The summed E-state index contributed by atoms with van der Waals surface area (Å²) in [6.45, 7) is 7.58. The highest BCUT2D eigenvalue weighted by molar-refractivity contribution is 7.98. The number of rotatable bonds is 10. The summed E-state index contributed by atoms with van der Waals surface area (Å²) in [7, 11) is -3.93. The maximum Gasteiger partial charge on any atom is 0.264 e. The zero-order valence-corrected chi connectivity index (χ0v) is 18.4. The van der Waals surface area contributed by atoms with Gasteiger partial charge in [-0.3, -0.25) is 9.45 Å². The van der Waals surface area contributed by atoms with E-state index in [2.05, 4.69) is 48.2 Å². The fourth-order valence-corrected chi connectivity index (χ4v) is 4.08. The van der Waals surface area contributed by atoms with Crippen LogP contribution in [-0.4, -0.2) is 74.0 Å². The highest BCUT2D eigenvalue weighted by Crippen LogP contribution is 2.25. The van der Waals surface area contributed by atoms with Crippen LogP contribution in [0.4, 0.5) is 0 Å². The third-order valence-electron chi connectivity index (χ3n) is 4.79. The van der Waals surface area contributed by atoms with E-state index >= 15 is 0 Å². The van der Waals surface area contributed by atoms with Gasteiger partial charge in [-0.15, -0.1) is 11.8 Å². The molecule has 7 nitrogen and oxygen atoms in total. The zero-order valence-electron chi connectivity index (χ0n) is 16.8. The van der Waals surface area contributed by atoms with Crippen molar-refractivity contribution in [1.29, 1.82) is 0 Å². The second kappa shape index (κ2) is 10.6. The van der Waals surface area contributed by atoms with Crippen LogP contribution in [0.15, 0.2) is 34.3 Å². The van der Waals surface area contributed by atoms with E-state index in [1.165, 1.54) is 4.90 Å². The fourth-order valence-electron chi connectivity index (χ4n) is 3.10. The minimum absolute atomic E-state index is 0.262. The lowest BCUT2D eigenvalue weighted by Crippen LogP contribution is -2.54. The van der Waals surface area contributed by atoms with Crippen LogP contribution in [0.3, 0.4) is 0 Å². The second-order valence-electron chi connectivity index (χ2n) is 7.15. The number of hydrogen-bond acceptors (Lipinski definition) is 7. The molecule has 158 valence electrons. The third kappa shape index (κ3) is 7.04. The number of ether oxygens (including phenoxy) is 1. The predicted octanol–water partition coefficient (Wildman–Crippen LogP) is 2.91. The fraction of sp³-hybridized carbons (Fsp3) is 0.632. The molecule has 0 aliphatic carbocycles. The SMILES string of the molecule is CSc1ccc(C(=NOCCCCS(=O)(=O)O)C(C)(C)N2CCOCC2)cc1. The number of morpholine rings is 1. The molecular weight excluding hydrogens is 400 g/mol. The number of benzene rings is 1. The first-order valence-corrected chi connectivity index (χ1v) is 12.2. The first-order valence-electron chi connectivity index (χ1n) is 9.37. The lowest BCUT2D eigenvalue weighted by molar-refractivity contribution is 0.00878. The van der Waals surface area contributed by atoms with Crippen molar-refractivity contribution in [3.8, 4) is 0 Å². The second-order valence-corrected chi connectivity index (χ2v) is 9.60. The number of thioether (sulfide) groups is 1. The van der Waals surface area contributed by atoms with Crippen LogP contribution < -0.4 is 0 Å². The van der Waals surface area contributed by atoms with Crippen LogP contribution in [0.2, 0.25) is 0 Å². The van der Waals surface area contributed by atoms with E-state index in [1.807, 2.05) is 6.26 Å². The van der Waals surface area contributed by atoms with Gasteiger partial charge in [-0.25, -0.2) is 0 Å². The molecule has 0 bridgehead atoms. The van der Waals surface area contributed by atoms with Gasteiger partial charge in [0, 0.05) is 23.5 Å². The highest BCUT2D eigenvalue weighted by Gasteiger charge is 2.35. The molecule has 1 fully saturated rings. The van der Waals surface area contributed by atoms with Crippen molar-refractivity contribution in [2.24, 2.45) is 5.16 Å². The first-order chi connectivity index (χ1) is 13.2. The van der Waals surface area contributed by atoms with Gasteiger partial charge in [0.15, 0.2) is 0 Å². The lowest BCUT2D eigenvalue weighted by Gasteiger charge is -2.41. The molecule has 0 aromatic heterocycles. The van der Waals surface area contributed by atoms with Gasteiger partial charge in [0.25, 0.3) is 10.1 Å². The Balaban J connectivity index is 2.12. The lowest BCUT2D eigenvalue weighted by atomic mass is 9.90. The van der Waals surface area contributed by atoms with E-state index in [-0.39, 0.29) is 11.3 Å². The Morgan fingerprint density at radius 2 is 1.89 bits per heavy atom. The van der Waals surface area contributed by atoms with Crippen molar-refractivity contribution in [3.05, 3.63) is 29.8 Å². The molecule has 9 heteroatoms. The molecule has 28 heavy (non-hydrogen) atoms. The summed E-state index contributed by atoms with van der Waals surface area (Å²) in [6, 6.07) is 8.23. The smallest absolute Gasteiger partial charge is 0.264 e. The maximum atomic E-state index is 10.8. The van der Waals surface area contributed by atoms with E-state index in [0.717, 1.165) is 24.4 Å². The molecule has 0 radical (unpaired) electrons. The number of nitrogens with zero attached hydrogens (tertiary/aromatic N) is 2. The Kier molecular flexibility index (Phi) is 8.76. The van der Waals surface area contributed by atoms with Crippen molar-refractivity contribution in [2.45, 2.75) is 37.1 Å². The third-order valence-corrected chi connectivity index (χ3v) is 6.34. The van der Waals surface area contributed by atoms with Gasteiger partial charge in [-0.2, -0.15) is 8.42 Å². The van der Waals surface area contributed by atoms with E-state index in [4.69, 9.17) is 14.1 Å². The van der Waals surface area contributed by atoms with Crippen molar-refractivity contribution in [2.75, 3.05) is 44.9 Å². The molecule has 1 aromatic rings. The molecule has 0 atom stereocenters. The summed E-state index contributed by atoms with van der Waals surface area (Å²) in [5, 5.41) is 4.45. The van der Waals surface area contributed by atoms with Crippen LogP contribution in [0, 0.1) is 0 Å². The quantitative estimate of drug-likeness (QED) is 0.201. The Morgan fingerprint density at radius 1 is 1.25 bits per heavy atom. The summed E-state index contributed by atoms with van der Waals surface area (Å²) < 4.78 is 35.8. The Bertz CT molecular complexity index is 742. The molecule has 2 rings (SSSR count). The molecular formula is C19H30N2O5S2. The van der Waals surface area contributed by atoms with Gasteiger partial charge in [0.1, 0.15) is 12.3 Å². The number of hydrogen-bond donors (Lipinski definition) is 1. The molecule has 1 heterocycles. The van der Waals surface area contributed by atoms with Gasteiger partial charge >= 0.3 is 0 Å². The van der Waals surface area contributed by atoms with E-state index in [9.17, 15) is 8.42 Å². The molecule has 1 aliphatic heterocycles. The normalized spacial score (nSPS) is 16.9. The summed E-state index contributed by atoms with van der Waals surface area (Å²) in [4.78, 5) is 9.06. The van der Waals surface area contributed by atoms with Crippen LogP contribution >= 0.6 is 11.8 Å². The van der Waals surface area contributed by atoms with Gasteiger partial charge in [-0.05, 0) is 45.1 Å². The zero-order chi connectivity index (χ0) is 20.6. The predicted molar refractivity (Wildman–Crippen MR) is 113 cm³/mol. The van der Waals surface area contributed by atoms with E-state index < -0.39 is 10.1 Å². The standard InChI is InChI=1S/C19H30N2O5S2/c1-19(2,21-10-13-25-14-11-21)18(16-6-8-17(27-3)9-7-16)20-26-12-4-5-15-28(22,23)24/h6-9H,4-5,10-15H2,1-3H3,(H,22,23,24). The molecule has 1 N–H and O–H groups in total. The first kappa shape index (κ1) is 23.2. The van der Waals surface area contributed by atoms with Crippen LogP contribution in [0.5, 0.6) is 0 Å². The minimum Gasteiger partial charge on any atom is -0.396 e. The molecule has 1 aromatic carbocycles. The van der Waals surface area contributed by atoms with E-state index in [1.54, 1.807) is 11.8 Å². The van der Waals surface area contributed by atoms with Gasteiger partial charge < -0.3 is 9.57 Å². The summed E-state index contributed by atoms with van der Waals surface area (Å²) in [6.07, 6.45) is 2.87. The molecule has 0 spiro atoms. The Morgan fingerprint density at radius 3 is 2.46 bits per heavy atom. The summed E-state index contributed by atoms with van der Waals surface area (Å²) in [5.41, 5.74) is 1.48. The molecule has 0 amide bonds. The van der Waals surface area contributed by atoms with Crippen molar-refractivity contribution in [1.82, 2.24) is 4.90 Å². The van der Waals surface area contributed by atoms with Crippen molar-refractivity contribution in [3.63, 3.8) is 0 Å². The monoisotopic (exact) mass is 430 g/mol. The topological polar surface area (TPSA) is 88.4 Å². The van der Waals surface area contributed by atoms with Crippen molar-refractivity contribution < 1.29 is 22.5 Å². The number of oxime groups is 1. The largest absolute Gasteiger partial charge is 0.396 e. The van der Waals surface area contributed by atoms with Crippen LogP contribution in [-0.2, 0) is 19.7 Å². The molecule has 0 saturated carbocycles. The molecule has 1 aliphatic rings. The van der Waals surface area contributed by atoms with Crippen LogP contribution in [0.25, 0.3) is 0 Å². The Hall–Kier alpha value is -1.13. The Labute approximate surface area is 172 Å². The van der Waals surface area contributed by atoms with Gasteiger partial charge in [0.2, 0.25) is 0 Å². The minimum atomic E-state index is -3.93.